The van der Waals surface area contributed by atoms with E-state index in [-0.39, 0.29) is 12.1 Å². The predicted octanol–water partition coefficient (Wildman–Crippen LogP) is 2.51. The number of nitrogens with zero attached hydrogens (tertiary/aromatic N) is 2. The minimum absolute atomic E-state index is 0.0211. The molecule has 0 fully saturated rings. The molecule has 0 saturated heterocycles. The van der Waals surface area contributed by atoms with Gasteiger partial charge in [0.15, 0.2) is 0 Å². The van der Waals surface area contributed by atoms with E-state index in [0.717, 1.165) is 17.1 Å². The first kappa shape index (κ1) is 13.4. The van der Waals surface area contributed by atoms with E-state index in [1.807, 2.05) is 31.2 Å². The van der Waals surface area contributed by atoms with Crippen LogP contribution in [0.1, 0.15) is 24.4 Å². The number of aryl methyl sites for hydroxylation is 1. The maximum Gasteiger partial charge on any atom is 0.325 e. The Morgan fingerprint density at radius 1 is 1.32 bits per heavy atom. The van der Waals surface area contributed by atoms with Gasteiger partial charge >= 0.3 is 6.03 Å². The maximum absolute atomic E-state index is 11.7. The molecular weight excluding hydrogens is 262 g/mol. The van der Waals surface area contributed by atoms with Crippen molar-refractivity contribution >= 4 is 28.4 Å². The average molecular weight is 277 g/mol. The molecule has 100 valence electrons. The second kappa shape index (κ2) is 5.77. The Hall–Kier alpha value is -1.99. The third-order valence-corrected chi connectivity index (χ3v) is 3.16. The van der Waals surface area contributed by atoms with Gasteiger partial charge in [-0.2, -0.15) is 4.37 Å². The quantitative estimate of drug-likeness (QED) is 0.803. The minimum Gasteiger partial charge on any atom is -0.324 e. The zero-order valence-corrected chi connectivity index (χ0v) is 11.5. The molecule has 19 heavy (non-hydrogen) atoms. The Kier molecular flexibility index (Phi) is 4.08. The molecule has 4 N–H and O–H groups in total. The van der Waals surface area contributed by atoms with E-state index in [1.54, 1.807) is 6.92 Å². The van der Waals surface area contributed by atoms with E-state index in [0.29, 0.717) is 16.6 Å². The lowest BCUT2D eigenvalue weighted by Crippen LogP contribution is -2.19. The Morgan fingerprint density at radius 2 is 2.00 bits per heavy atom. The van der Waals surface area contributed by atoms with Crippen LogP contribution in [0.15, 0.2) is 24.3 Å². The van der Waals surface area contributed by atoms with E-state index in [9.17, 15) is 4.79 Å². The number of carbonyl (C=O) groups excluding carboxylic acids is 1. The van der Waals surface area contributed by atoms with E-state index in [2.05, 4.69) is 20.0 Å². The molecular formula is C12H15N5OS. The van der Waals surface area contributed by atoms with Crippen LogP contribution in [0.3, 0.4) is 0 Å². The summed E-state index contributed by atoms with van der Waals surface area (Å²) in [6.07, 6.45) is 0. The first-order chi connectivity index (χ1) is 9.04. The highest BCUT2D eigenvalue weighted by atomic mass is 32.1. The SMILES string of the molecule is Cc1nsc(NC(=O)Nc2ccc(C(C)N)cc2)n1. The summed E-state index contributed by atoms with van der Waals surface area (Å²) in [4.78, 5) is 15.8. The number of nitrogens with two attached hydrogens (primary N) is 1. The molecule has 0 spiro atoms. The van der Waals surface area contributed by atoms with Crippen molar-refractivity contribution in [3.63, 3.8) is 0 Å². The van der Waals surface area contributed by atoms with Gasteiger partial charge in [-0.3, -0.25) is 5.32 Å². The highest BCUT2D eigenvalue weighted by Gasteiger charge is 2.06. The van der Waals surface area contributed by atoms with Crippen molar-refractivity contribution in [1.82, 2.24) is 9.36 Å². The Balaban J connectivity index is 1.95. The standard InChI is InChI=1S/C12H15N5OS/c1-7(13)9-3-5-10(6-4-9)15-11(18)16-12-14-8(2)17-19-12/h3-7H,13H2,1-2H3,(H2,14,15,16,17,18). The average Bonchev–Trinajstić information content (AvgIpc) is 2.75. The number of amides is 2. The normalized spacial score (nSPS) is 11.9. The van der Waals surface area contributed by atoms with Crippen LogP contribution in [0.2, 0.25) is 0 Å². The van der Waals surface area contributed by atoms with Gasteiger partial charge in [-0.1, -0.05) is 12.1 Å². The van der Waals surface area contributed by atoms with Gasteiger partial charge in [-0.25, -0.2) is 9.78 Å². The number of hydrogen-bond acceptors (Lipinski definition) is 5. The molecule has 1 atom stereocenters. The first-order valence-electron chi connectivity index (χ1n) is 5.78. The van der Waals surface area contributed by atoms with Gasteiger partial charge in [-0.15, -0.1) is 0 Å². The molecule has 1 aromatic carbocycles. The minimum atomic E-state index is -0.343. The van der Waals surface area contributed by atoms with Crippen molar-refractivity contribution < 1.29 is 4.79 Å². The number of carbonyl (C=O) groups is 1. The summed E-state index contributed by atoms with van der Waals surface area (Å²) in [5.74, 6) is 0.640. The number of nitrogens with one attached hydrogen (secondary N) is 2. The summed E-state index contributed by atoms with van der Waals surface area (Å²) < 4.78 is 3.98. The van der Waals surface area contributed by atoms with Crippen LogP contribution in [0.25, 0.3) is 0 Å². The van der Waals surface area contributed by atoms with Crippen molar-refractivity contribution in [2.45, 2.75) is 19.9 Å². The fourth-order valence-corrected chi connectivity index (χ4v) is 2.05. The van der Waals surface area contributed by atoms with Crippen molar-refractivity contribution in [3.8, 4) is 0 Å². The van der Waals surface area contributed by atoms with Crippen molar-refractivity contribution in [3.05, 3.63) is 35.7 Å². The number of aromatic nitrogens is 2. The summed E-state index contributed by atoms with van der Waals surface area (Å²) in [6, 6.07) is 7.02. The first-order valence-corrected chi connectivity index (χ1v) is 6.56. The molecule has 1 unspecified atom stereocenters. The molecule has 0 bridgehead atoms. The summed E-state index contributed by atoms with van der Waals surface area (Å²) in [5.41, 5.74) is 7.47. The molecule has 1 aromatic heterocycles. The van der Waals surface area contributed by atoms with Crippen LogP contribution >= 0.6 is 11.5 Å². The lowest BCUT2D eigenvalue weighted by Gasteiger charge is -2.08. The third-order valence-electron chi connectivity index (χ3n) is 2.44. The summed E-state index contributed by atoms with van der Waals surface area (Å²) >= 11 is 1.15. The molecule has 0 aliphatic heterocycles. The third kappa shape index (κ3) is 3.73. The Labute approximate surface area is 115 Å². The summed E-state index contributed by atoms with van der Waals surface area (Å²) in [5, 5.41) is 5.81. The Bertz CT molecular complexity index is 564. The lowest BCUT2D eigenvalue weighted by molar-refractivity contribution is 0.262. The smallest absolute Gasteiger partial charge is 0.324 e. The van der Waals surface area contributed by atoms with Crippen LogP contribution in [-0.2, 0) is 0 Å². The topological polar surface area (TPSA) is 92.9 Å². The maximum atomic E-state index is 11.7. The molecule has 2 aromatic rings. The number of hydrogen-bond donors (Lipinski definition) is 3. The number of urea groups is 1. The number of rotatable bonds is 3. The van der Waals surface area contributed by atoms with Crippen LogP contribution in [-0.4, -0.2) is 15.4 Å². The molecule has 1 heterocycles. The molecule has 0 radical (unpaired) electrons. The van der Waals surface area contributed by atoms with Gasteiger partial charge in [-0.05, 0) is 31.5 Å². The molecule has 2 amide bonds. The monoisotopic (exact) mass is 277 g/mol. The van der Waals surface area contributed by atoms with Crippen LogP contribution in [0, 0.1) is 6.92 Å². The molecule has 0 saturated carbocycles. The fourth-order valence-electron chi connectivity index (χ4n) is 1.48. The second-order valence-corrected chi connectivity index (χ2v) is 4.89. The molecule has 0 aliphatic rings. The van der Waals surface area contributed by atoms with Crippen LogP contribution in [0.4, 0.5) is 15.6 Å². The molecule has 2 rings (SSSR count). The Morgan fingerprint density at radius 3 is 2.53 bits per heavy atom. The molecule has 6 nitrogen and oxygen atoms in total. The highest BCUT2D eigenvalue weighted by Crippen LogP contribution is 2.15. The van der Waals surface area contributed by atoms with Crippen molar-refractivity contribution in [1.29, 1.82) is 0 Å². The van der Waals surface area contributed by atoms with E-state index >= 15 is 0 Å². The zero-order valence-electron chi connectivity index (χ0n) is 10.7. The van der Waals surface area contributed by atoms with E-state index < -0.39 is 0 Å². The highest BCUT2D eigenvalue weighted by molar-refractivity contribution is 7.09. The predicted molar refractivity (Wildman–Crippen MR) is 76.3 cm³/mol. The van der Waals surface area contributed by atoms with Crippen LogP contribution < -0.4 is 16.4 Å². The largest absolute Gasteiger partial charge is 0.325 e. The van der Waals surface area contributed by atoms with Crippen molar-refractivity contribution in [2.75, 3.05) is 10.6 Å². The lowest BCUT2D eigenvalue weighted by atomic mass is 10.1. The fraction of sp³-hybridized carbons (Fsp3) is 0.250. The molecule has 7 heteroatoms. The summed E-state index contributed by atoms with van der Waals surface area (Å²) in [7, 11) is 0. The van der Waals surface area contributed by atoms with Gasteiger partial charge in [0.25, 0.3) is 0 Å². The van der Waals surface area contributed by atoms with Gasteiger partial charge in [0, 0.05) is 23.3 Å². The van der Waals surface area contributed by atoms with E-state index in [1.165, 1.54) is 0 Å². The summed E-state index contributed by atoms with van der Waals surface area (Å²) in [6.45, 7) is 3.68. The van der Waals surface area contributed by atoms with Crippen molar-refractivity contribution in [2.24, 2.45) is 5.73 Å². The van der Waals surface area contributed by atoms with Gasteiger partial charge in [0.1, 0.15) is 5.82 Å². The molecule has 0 aliphatic carbocycles. The van der Waals surface area contributed by atoms with Gasteiger partial charge < -0.3 is 11.1 Å². The second-order valence-electron chi connectivity index (χ2n) is 4.14. The zero-order chi connectivity index (χ0) is 13.8. The number of anilines is 2. The van der Waals surface area contributed by atoms with Crippen LogP contribution in [0.5, 0.6) is 0 Å². The van der Waals surface area contributed by atoms with Gasteiger partial charge in [0.2, 0.25) is 5.13 Å². The van der Waals surface area contributed by atoms with Gasteiger partial charge in [0.05, 0.1) is 0 Å². The van der Waals surface area contributed by atoms with E-state index in [4.69, 9.17) is 5.73 Å². The number of benzene rings is 1.